The number of ether oxygens (including phenoxy) is 1. The quantitative estimate of drug-likeness (QED) is 0.839. The Balaban J connectivity index is 2.15. The molecule has 0 N–H and O–H groups in total. The first-order chi connectivity index (χ1) is 10.9. The molecule has 0 unspecified atom stereocenters. The van der Waals surface area contributed by atoms with Gasteiger partial charge < -0.3 is 4.74 Å². The van der Waals surface area contributed by atoms with Gasteiger partial charge in [0.15, 0.2) is 0 Å². The SMILES string of the molecule is CCOc1ccc(Cl)cc1S(=O)(=O)N1c2ccccc2C[C@@H]1C. The van der Waals surface area contributed by atoms with Crippen LogP contribution < -0.4 is 9.04 Å². The maximum atomic E-state index is 13.2. The fraction of sp³-hybridized carbons (Fsp3) is 0.294. The fourth-order valence-electron chi connectivity index (χ4n) is 2.97. The molecule has 1 atom stereocenters. The normalized spacial score (nSPS) is 17.2. The molecule has 1 aliphatic rings. The molecule has 0 fully saturated rings. The monoisotopic (exact) mass is 351 g/mol. The Labute approximate surface area is 141 Å². The zero-order valence-corrected chi connectivity index (χ0v) is 14.6. The lowest BCUT2D eigenvalue weighted by atomic mass is 10.1. The molecule has 3 rings (SSSR count). The predicted molar refractivity (Wildman–Crippen MR) is 91.9 cm³/mol. The zero-order valence-electron chi connectivity index (χ0n) is 13.0. The summed E-state index contributed by atoms with van der Waals surface area (Å²) in [7, 11) is -3.75. The molecule has 1 aliphatic heterocycles. The molecule has 0 aliphatic carbocycles. The van der Waals surface area contributed by atoms with Crippen LogP contribution in [-0.4, -0.2) is 21.1 Å². The Hall–Kier alpha value is -1.72. The molecule has 0 radical (unpaired) electrons. The Bertz CT molecular complexity index is 835. The average molecular weight is 352 g/mol. The number of para-hydroxylation sites is 1. The van der Waals surface area contributed by atoms with Crippen LogP contribution in [0.15, 0.2) is 47.4 Å². The summed E-state index contributed by atoms with van der Waals surface area (Å²) in [6, 6.07) is 12.1. The topological polar surface area (TPSA) is 46.6 Å². The number of sulfonamides is 1. The van der Waals surface area contributed by atoms with Gasteiger partial charge in [-0.15, -0.1) is 0 Å². The van der Waals surface area contributed by atoms with E-state index >= 15 is 0 Å². The number of halogens is 1. The van der Waals surface area contributed by atoms with E-state index < -0.39 is 10.0 Å². The smallest absolute Gasteiger partial charge is 0.268 e. The van der Waals surface area contributed by atoms with E-state index in [1.54, 1.807) is 12.1 Å². The molecule has 1 heterocycles. The van der Waals surface area contributed by atoms with Gasteiger partial charge in [-0.3, -0.25) is 4.31 Å². The maximum Gasteiger partial charge on any atom is 0.268 e. The van der Waals surface area contributed by atoms with Crippen LogP contribution in [0.25, 0.3) is 0 Å². The van der Waals surface area contributed by atoms with Gasteiger partial charge in [-0.25, -0.2) is 8.42 Å². The van der Waals surface area contributed by atoms with E-state index in [0.29, 0.717) is 23.8 Å². The van der Waals surface area contributed by atoms with Gasteiger partial charge in [0.05, 0.1) is 12.3 Å². The second kappa shape index (κ2) is 6.06. The number of rotatable bonds is 4. The molecule has 23 heavy (non-hydrogen) atoms. The minimum Gasteiger partial charge on any atom is -0.492 e. The summed E-state index contributed by atoms with van der Waals surface area (Å²) in [6.07, 6.45) is 0.694. The van der Waals surface area contributed by atoms with E-state index in [-0.39, 0.29) is 10.9 Å². The van der Waals surface area contributed by atoms with Crippen molar-refractivity contribution in [1.29, 1.82) is 0 Å². The molecule has 0 spiro atoms. The Kier molecular flexibility index (Phi) is 4.25. The molecule has 0 saturated heterocycles. The van der Waals surface area contributed by atoms with Gasteiger partial charge in [0, 0.05) is 11.1 Å². The standard InChI is InChI=1S/C17H18ClNO3S/c1-3-22-16-9-8-14(18)11-17(16)23(20,21)19-12(2)10-13-6-4-5-7-15(13)19/h4-9,11-12H,3,10H2,1-2H3/t12-/m0/s1. The summed E-state index contributed by atoms with van der Waals surface area (Å²) in [5.74, 6) is 0.327. The van der Waals surface area contributed by atoms with E-state index in [9.17, 15) is 8.42 Å². The molecular formula is C17H18ClNO3S. The predicted octanol–water partition coefficient (Wildman–Crippen LogP) is 3.88. The molecule has 0 amide bonds. The first kappa shape index (κ1) is 16.1. The lowest BCUT2D eigenvalue weighted by Crippen LogP contribution is -2.36. The van der Waals surface area contributed by atoms with Crippen LogP contribution in [0.5, 0.6) is 5.75 Å². The van der Waals surface area contributed by atoms with Gasteiger partial charge in [0.2, 0.25) is 0 Å². The third-order valence-electron chi connectivity index (χ3n) is 3.89. The van der Waals surface area contributed by atoms with Crippen molar-refractivity contribution in [2.24, 2.45) is 0 Å². The molecule has 122 valence electrons. The van der Waals surface area contributed by atoms with Crippen LogP contribution >= 0.6 is 11.6 Å². The lowest BCUT2D eigenvalue weighted by Gasteiger charge is -2.25. The highest BCUT2D eigenvalue weighted by molar-refractivity contribution is 7.93. The Morgan fingerprint density at radius 2 is 2.00 bits per heavy atom. The van der Waals surface area contributed by atoms with E-state index in [1.807, 2.05) is 38.1 Å². The van der Waals surface area contributed by atoms with Crippen molar-refractivity contribution in [3.63, 3.8) is 0 Å². The number of hydrogen-bond donors (Lipinski definition) is 0. The van der Waals surface area contributed by atoms with E-state index in [1.165, 1.54) is 10.4 Å². The van der Waals surface area contributed by atoms with Crippen LogP contribution in [0.4, 0.5) is 5.69 Å². The molecule has 0 bridgehead atoms. The summed E-state index contributed by atoms with van der Waals surface area (Å²) < 4.78 is 33.5. The van der Waals surface area contributed by atoms with Gasteiger partial charge in [0.1, 0.15) is 10.6 Å². The number of hydrogen-bond acceptors (Lipinski definition) is 3. The third kappa shape index (κ3) is 2.79. The molecule has 2 aromatic carbocycles. The zero-order chi connectivity index (χ0) is 16.6. The number of fused-ring (bicyclic) bond motifs is 1. The lowest BCUT2D eigenvalue weighted by molar-refractivity contribution is 0.331. The van der Waals surface area contributed by atoms with Crippen LogP contribution in [0.1, 0.15) is 19.4 Å². The van der Waals surface area contributed by atoms with E-state index in [4.69, 9.17) is 16.3 Å². The van der Waals surface area contributed by atoms with Crippen molar-refractivity contribution in [1.82, 2.24) is 0 Å². The molecule has 2 aromatic rings. The van der Waals surface area contributed by atoms with Crippen molar-refractivity contribution >= 4 is 27.3 Å². The fourth-order valence-corrected chi connectivity index (χ4v) is 5.06. The second-order valence-corrected chi connectivity index (χ2v) is 7.73. The first-order valence-corrected chi connectivity index (χ1v) is 9.31. The minimum absolute atomic E-state index is 0.107. The van der Waals surface area contributed by atoms with Crippen molar-refractivity contribution in [3.8, 4) is 5.75 Å². The summed E-state index contributed by atoms with van der Waals surface area (Å²) in [5, 5.41) is 0.368. The summed E-state index contributed by atoms with van der Waals surface area (Å²) in [6.45, 7) is 4.11. The Morgan fingerprint density at radius 1 is 1.26 bits per heavy atom. The average Bonchev–Trinajstić information content (AvgIpc) is 2.85. The van der Waals surface area contributed by atoms with Crippen molar-refractivity contribution < 1.29 is 13.2 Å². The molecular weight excluding hydrogens is 334 g/mol. The molecule has 0 saturated carbocycles. The maximum absolute atomic E-state index is 13.2. The van der Waals surface area contributed by atoms with E-state index in [2.05, 4.69) is 0 Å². The van der Waals surface area contributed by atoms with Crippen molar-refractivity contribution in [2.75, 3.05) is 10.9 Å². The van der Waals surface area contributed by atoms with Crippen molar-refractivity contribution in [2.45, 2.75) is 31.2 Å². The van der Waals surface area contributed by atoms with Gasteiger partial charge in [-0.2, -0.15) is 0 Å². The van der Waals surface area contributed by atoms with Gasteiger partial charge in [0.25, 0.3) is 10.0 Å². The largest absolute Gasteiger partial charge is 0.492 e. The van der Waals surface area contributed by atoms with Crippen LogP contribution in [0.3, 0.4) is 0 Å². The van der Waals surface area contributed by atoms with Gasteiger partial charge in [-0.05, 0) is 50.1 Å². The highest BCUT2D eigenvalue weighted by Crippen LogP contribution is 2.39. The Morgan fingerprint density at radius 3 is 2.74 bits per heavy atom. The van der Waals surface area contributed by atoms with Crippen molar-refractivity contribution in [3.05, 3.63) is 53.1 Å². The van der Waals surface area contributed by atoms with Crippen LogP contribution in [-0.2, 0) is 16.4 Å². The second-order valence-electron chi connectivity index (χ2n) is 5.51. The van der Waals surface area contributed by atoms with Crippen LogP contribution in [0.2, 0.25) is 5.02 Å². The molecule has 6 heteroatoms. The summed E-state index contributed by atoms with van der Waals surface area (Å²) in [4.78, 5) is 0.107. The highest BCUT2D eigenvalue weighted by Gasteiger charge is 2.37. The number of nitrogens with zero attached hydrogens (tertiary/aromatic N) is 1. The minimum atomic E-state index is -3.75. The summed E-state index contributed by atoms with van der Waals surface area (Å²) >= 11 is 6.03. The van der Waals surface area contributed by atoms with Gasteiger partial charge in [-0.1, -0.05) is 29.8 Å². The molecule has 0 aromatic heterocycles. The third-order valence-corrected chi connectivity index (χ3v) is 6.07. The van der Waals surface area contributed by atoms with Crippen LogP contribution in [0, 0.1) is 0 Å². The summed E-state index contributed by atoms with van der Waals surface area (Å²) in [5.41, 5.74) is 1.76. The molecule has 4 nitrogen and oxygen atoms in total. The first-order valence-electron chi connectivity index (χ1n) is 7.50. The van der Waals surface area contributed by atoms with E-state index in [0.717, 1.165) is 11.3 Å². The number of anilines is 1. The number of benzene rings is 2. The van der Waals surface area contributed by atoms with Gasteiger partial charge >= 0.3 is 0 Å². The highest BCUT2D eigenvalue weighted by atomic mass is 35.5.